The number of hydrogen-bond donors (Lipinski definition) is 1. The molecule has 96 valence electrons. The predicted octanol–water partition coefficient (Wildman–Crippen LogP) is 0.551. The summed E-state index contributed by atoms with van der Waals surface area (Å²) in [5, 5.41) is 0. The van der Waals surface area contributed by atoms with Gasteiger partial charge in [-0.15, -0.1) is 0 Å². The molecule has 1 heterocycles. The molecule has 5 nitrogen and oxygen atoms in total. The summed E-state index contributed by atoms with van der Waals surface area (Å²) in [6.45, 7) is 1.95. The van der Waals surface area contributed by atoms with Crippen molar-refractivity contribution in [3.63, 3.8) is 0 Å². The van der Waals surface area contributed by atoms with Crippen molar-refractivity contribution in [3.05, 3.63) is 0 Å². The van der Waals surface area contributed by atoms with E-state index in [1.807, 2.05) is 20.8 Å². The van der Waals surface area contributed by atoms with Crippen molar-refractivity contribution >= 4 is 18.5 Å². The molecule has 0 aromatic carbocycles. The van der Waals surface area contributed by atoms with E-state index in [0.29, 0.717) is 0 Å². The van der Waals surface area contributed by atoms with Crippen LogP contribution < -0.4 is 4.89 Å². The Hall–Kier alpha value is 0.450. The largest absolute Gasteiger partial charge is 0.780 e. The fraction of sp³-hybridized carbons (Fsp3) is 1.00. The van der Waals surface area contributed by atoms with Gasteiger partial charge in [0.05, 0.1) is 24.9 Å². The monoisotopic (exact) mass is 269 g/mol. The lowest BCUT2D eigenvalue weighted by atomic mass is 10.1. The highest BCUT2D eigenvalue weighted by Crippen LogP contribution is 2.33. The molecule has 4 atom stereocenters. The van der Waals surface area contributed by atoms with Crippen LogP contribution in [0.1, 0.15) is 27.2 Å². The first-order valence-corrected chi connectivity index (χ1v) is 7.86. The van der Waals surface area contributed by atoms with Crippen LogP contribution in [-0.4, -0.2) is 35.9 Å². The Kier molecular flexibility index (Phi) is 5.32. The third-order valence-corrected chi connectivity index (χ3v) is 3.03. The maximum atomic E-state index is 10.8. The lowest BCUT2D eigenvalue weighted by Crippen LogP contribution is -2.31. The van der Waals surface area contributed by atoms with Gasteiger partial charge >= 0.3 is 0 Å². The smallest absolute Gasteiger partial charge is 0.112 e. The Morgan fingerprint density at radius 3 is 2.75 bits per heavy atom. The van der Waals surface area contributed by atoms with Gasteiger partial charge < -0.3 is 23.8 Å². The first-order chi connectivity index (χ1) is 7.28. The molecule has 0 saturated carbocycles. The van der Waals surface area contributed by atoms with Gasteiger partial charge in [0.25, 0.3) is 0 Å². The van der Waals surface area contributed by atoms with E-state index in [0.717, 1.165) is 6.42 Å². The van der Waals surface area contributed by atoms with Crippen LogP contribution in [0.2, 0.25) is 0 Å². The maximum Gasteiger partial charge on any atom is 0.112 e. The van der Waals surface area contributed by atoms with Crippen LogP contribution in [0.5, 0.6) is 0 Å². The van der Waals surface area contributed by atoms with Crippen LogP contribution in [0.15, 0.2) is 0 Å². The van der Waals surface area contributed by atoms with Crippen LogP contribution in [0.4, 0.5) is 0 Å². The van der Waals surface area contributed by atoms with Gasteiger partial charge in [0.1, 0.15) is 12.8 Å². The zero-order valence-corrected chi connectivity index (χ0v) is 11.4. The van der Waals surface area contributed by atoms with Crippen molar-refractivity contribution in [1.29, 1.82) is 0 Å². The number of rotatable bonds is 5. The molecular formula is C9H18O5PS-. The van der Waals surface area contributed by atoms with Crippen LogP contribution in [0.25, 0.3) is 0 Å². The summed E-state index contributed by atoms with van der Waals surface area (Å²) in [6.07, 6.45) is 0.503. The van der Waals surface area contributed by atoms with Crippen molar-refractivity contribution in [2.24, 2.45) is 0 Å². The summed E-state index contributed by atoms with van der Waals surface area (Å²) in [7, 11) is 0. The normalized spacial score (nSPS) is 34.2. The highest BCUT2D eigenvalue weighted by Gasteiger charge is 2.34. The predicted molar refractivity (Wildman–Crippen MR) is 61.4 cm³/mol. The first kappa shape index (κ1) is 14.5. The first-order valence-electron chi connectivity index (χ1n) is 5.27. The van der Waals surface area contributed by atoms with Crippen molar-refractivity contribution in [2.45, 2.75) is 51.6 Å². The van der Waals surface area contributed by atoms with Crippen molar-refractivity contribution in [1.82, 2.24) is 0 Å². The maximum absolute atomic E-state index is 10.8. The van der Waals surface area contributed by atoms with E-state index >= 15 is 0 Å². The number of ether oxygens (including phenoxy) is 2. The second-order valence-electron chi connectivity index (χ2n) is 4.21. The molecule has 0 aromatic rings. The Bertz CT molecular complexity index is 267. The van der Waals surface area contributed by atoms with Gasteiger partial charge in [-0.1, -0.05) is 11.8 Å². The van der Waals surface area contributed by atoms with Gasteiger partial charge in [0.2, 0.25) is 0 Å². The minimum atomic E-state index is -3.85. The van der Waals surface area contributed by atoms with Crippen LogP contribution in [0.3, 0.4) is 0 Å². The third kappa shape index (κ3) is 5.19. The molecule has 0 aliphatic carbocycles. The average molecular weight is 269 g/mol. The van der Waals surface area contributed by atoms with Gasteiger partial charge in [0.15, 0.2) is 0 Å². The Labute approximate surface area is 101 Å². The molecule has 1 N–H and O–H groups in total. The van der Waals surface area contributed by atoms with Gasteiger partial charge in [-0.2, -0.15) is 0 Å². The summed E-state index contributed by atoms with van der Waals surface area (Å²) in [5.41, 5.74) is 0. The van der Waals surface area contributed by atoms with Gasteiger partial charge in [-0.25, -0.2) is 0 Å². The molecule has 0 spiro atoms. The fourth-order valence-electron chi connectivity index (χ4n) is 1.73. The molecule has 7 heteroatoms. The minimum absolute atomic E-state index is 0.000988. The summed E-state index contributed by atoms with van der Waals surface area (Å²) in [4.78, 5) is 19.7. The molecule has 1 fully saturated rings. The molecule has 0 amide bonds. The van der Waals surface area contributed by atoms with E-state index in [1.54, 1.807) is 0 Å². The highest BCUT2D eigenvalue weighted by atomic mass is 32.5. The summed E-state index contributed by atoms with van der Waals surface area (Å²) < 4.78 is 15.9. The molecule has 0 bridgehead atoms. The molecule has 1 unspecified atom stereocenters. The summed E-state index contributed by atoms with van der Waals surface area (Å²) in [6, 6.07) is 0. The van der Waals surface area contributed by atoms with E-state index in [9.17, 15) is 4.89 Å². The topological polar surface area (TPSA) is 71.0 Å². The van der Waals surface area contributed by atoms with Crippen LogP contribution in [0, 0.1) is 0 Å². The average Bonchev–Trinajstić information content (AvgIpc) is 2.40. The third-order valence-electron chi connectivity index (χ3n) is 2.23. The van der Waals surface area contributed by atoms with E-state index < -0.39 is 6.72 Å². The Morgan fingerprint density at radius 2 is 2.25 bits per heavy atom. The van der Waals surface area contributed by atoms with Gasteiger partial charge in [0, 0.05) is 6.42 Å². The Morgan fingerprint density at radius 1 is 1.62 bits per heavy atom. The highest BCUT2D eigenvalue weighted by molar-refractivity contribution is 8.06. The quantitative estimate of drug-likeness (QED) is 0.735. The molecule has 0 radical (unpaired) electrons. The number of hydrogen-bond acceptors (Lipinski definition) is 5. The molecule has 1 aliphatic rings. The SMILES string of the molecule is CC(C)O[C@@H]1C[C@H](C)O[C@@H]1COP([O-])(O)=S. The van der Waals surface area contributed by atoms with Gasteiger partial charge in [-0.05, 0) is 20.8 Å². The summed E-state index contributed by atoms with van der Waals surface area (Å²) in [5.74, 6) is 0. The fourth-order valence-corrected chi connectivity index (χ4v) is 2.25. The van der Waals surface area contributed by atoms with Crippen LogP contribution in [-0.2, 0) is 25.8 Å². The molecule has 0 aromatic heterocycles. The molecule has 1 saturated heterocycles. The lowest BCUT2D eigenvalue weighted by Gasteiger charge is -2.25. The summed E-state index contributed by atoms with van der Waals surface area (Å²) >= 11 is 4.27. The second-order valence-corrected chi connectivity index (χ2v) is 6.79. The minimum Gasteiger partial charge on any atom is -0.780 e. The second kappa shape index (κ2) is 5.87. The van der Waals surface area contributed by atoms with Crippen molar-refractivity contribution in [3.8, 4) is 0 Å². The van der Waals surface area contributed by atoms with E-state index in [1.165, 1.54) is 0 Å². The zero-order chi connectivity index (χ0) is 12.3. The molecule has 1 rings (SSSR count). The molecule has 16 heavy (non-hydrogen) atoms. The van der Waals surface area contributed by atoms with E-state index in [2.05, 4.69) is 11.8 Å². The zero-order valence-electron chi connectivity index (χ0n) is 9.66. The lowest BCUT2D eigenvalue weighted by molar-refractivity contribution is -0.204. The molecular weight excluding hydrogens is 251 g/mol. The standard InChI is InChI=1S/C9H19O5PS/c1-6(2)13-8-4-7(3)14-9(8)5-12-15(10,11)16/h6-9H,4-5H2,1-3H3,(H2,10,11,16)/p-1/t7-,8+,9+/m0/s1. The van der Waals surface area contributed by atoms with Crippen molar-refractivity contribution < 1.29 is 23.8 Å². The Balaban J connectivity index is 2.46. The van der Waals surface area contributed by atoms with Crippen molar-refractivity contribution in [2.75, 3.05) is 6.61 Å². The molecule has 1 aliphatic heterocycles. The van der Waals surface area contributed by atoms with E-state index in [4.69, 9.17) is 18.9 Å². The van der Waals surface area contributed by atoms with E-state index in [-0.39, 0.29) is 31.0 Å². The van der Waals surface area contributed by atoms with Crippen LogP contribution >= 0.6 is 6.72 Å². The van der Waals surface area contributed by atoms with Gasteiger partial charge in [-0.3, -0.25) is 0 Å².